The number of esters is 1. The number of hydrogen-bond acceptors (Lipinski definition) is 4. The minimum atomic E-state index is -0.252. The molecule has 0 aromatic carbocycles. The second kappa shape index (κ2) is 6.32. The average molecular weight is 324 g/mol. The summed E-state index contributed by atoms with van der Waals surface area (Å²) in [6.07, 6.45) is 6.80. The monoisotopic (exact) mass is 324 g/mol. The normalized spacial score (nSPS) is 17.5. The molecule has 1 aliphatic carbocycles. The third-order valence-electron chi connectivity index (χ3n) is 4.17. The van der Waals surface area contributed by atoms with Crippen LogP contribution in [0.15, 0.2) is 0 Å². The molecule has 0 radical (unpaired) electrons. The standard InChI is InChI=1S/C15H20N2O2S2/c1-19-14(18)12-10-6-5-7-11(10)21-13(12)16-15(20)17-8-3-2-4-9-17/h2-9H2,1H3,(H,16,20). The number of nitrogens with one attached hydrogen (secondary N) is 1. The number of thiocarbonyl (C=S) groups is 1. The molecule has 114 valence electrons. The van der Waals surface area contributed by atoms with Crippen LogP contribution in [0.3, 0.4) is 0 Å². The van der Waals surface area contributed by atoms with Gasteiger partial charge in [0, 0.05) is 18.0 Å². The second-order valence-electron chi connectivity index (χ2n) is 5.53. The van der Waals surface area contributed by atoms with E-state index in [1.165, 1.54) is 31.2 Å². The van der Waals surface area contributed by atoms with Crippen LogP contribution in [0.2, 0.25) is 0 Å². The van der Waals surface area contributed by atoms with Gasteiger partial charge in [-0.3, -0.25) is 0 Å². The van der Waals surface area contributed by atoms with Crippen LogP contribution in [0.5, 0.6) is 0 Å². The lowest BCUT2D eigenvalue weighted by molar-refractivity contribution is 0.0601. The highest BCUT2D eigenvalue weighted by molar-refractivity contribution is 7.80. The van der Waals surface area contributed by atoms with E-state index in [2.05, 4.69) is 10.2 Å². The third-order valence-corrected chi connectivity index (χ3v) is 5.74. The van der Waals surface area contributed by atoms with Gasteiger partial charge in [0.2, 0.25) is 0 Å². The van der Waals surface area contributed by atoms with E-state index in [9.17, 15) is 4.79 Å². The van der Waals surface area contributed by atoms with Gasteiger partial charge in [0.15, 0.2) is 5.11 Å². The number of thiophene rings is 1. The SMILES string of the molecule is COC(=O)c1c(NC(=S)N2CCCCC2)sc2c1CCC2. The van der Waals surface area contributed by atoms with Gasteiger partial charge in [-0.1, -0.05) is 0 Å². The highest BCUT2D eigenvalue weighted by Gasteiger charge is 2.28. The first kappa shape index (κ1) is 14.8. The van der Waals surface area contributed by atoms with Crippen molar-refractivity contribution < 1.29 is 9.53 Å². The second-order valence-corrected chi connectivity index (χ2v) is 7.02. The molecule has 2 heterocycles. The van der Waals surface area contributed by atoms with Gasteiger partial charge in [-0.05, 0) is 56.3 Å². The molecule has 2 aliphatic rings. The fourth-order valence-corrected chi connectivity index (χ4v) is 4.71. The van der Waals surface area contributed by atoms with Gasteiger partial charge in [-0.15, -0.1) is 11.3 Å². The third kappa shape index (κ3) is 2.92. The number of carbonyl (C=O) groups is 1. The maximum absolute atomic E-state index is 12.1. The Bertz CT molecular complexity index is 562. The van der Waals surface area contributed by atoms with E-state index < -0.39 is 0 Å². The number of piperidine rings is 1. The predicted octanol–water partition coefficient (Wildman–Crippen LogP) is 3.21. The van der Waals surface area contributed by atoms with E-state index in [0.29, 0.717) is 5.56 Å². The van der Waals surface area contributed by atoms with Gasteiger partial charge in [0.25, 0.3) is 0 Å². The number of carbonyl (C=O) groups excluding carboxylic acids is 1. The first-order chi connectivity index (χ1) is 10.2. The zero-order valence-electron chi connectivity index (χ0n) is 12.2. The molecule has 1 aliphatic heterocycles. The van der Waals surface area contributed by atoms with Crippen LogP contribution in [-0.2, 0) is 17.6 Å². The maximum atomic E-state index is 12.1. The fourth-order valence-electron chi connectivity index (χ4n) is 3.08. The Labute approximate surface area is 134 Å². The number of hydrogen-bond donors (Lipinski definition) is 1. The molecule has 1 aromatic heterocycles. The van der Waals surface area contributed by atoms with Crippen molar-refractivity contribution in [1.29, 1.82) is 0 Å². The van der Waals surface area contributed by atoms with E-state index in [4.69, 9.17) is 17.0 Å². The molecule has 1 saturated heterocycles. The zero-order valence-corrected chi connectivity index (χ0v) is 13.9. The molecule has 4 nitrogen and oxygen atoms in total. The summed E-state index contributed by atoms with van der Waals surface area (Å²) in [5.74, 6) is -0.252. The number of likely N-dealkylation sites (tertiary alicyclic amines) is 1. The summed E-state index contributed by atoms with van der Waals surface area (Å²) in [7, 11) is 1.44. The number of rotatable bonds is 2. The molecule has 0 amide bonds. The number of fused-ring (bicyclic) bond motifs is 1. The lowest BCUT2D eigenvalue weighted by Gasteiger charge is -2.29. The largest absolute Gasteiger partial charge is 0.465 e. The van der Waals surface area contributed by atoms with E-state index in [1.807, 2.05) is 0 Å². The van der Waals surface area contributed by atoms with Crippen LogP contribution in [0.1, 0.15) is 46.5 Å². The van der Waals surface area contributed by atoms with E-state index in [1.54, 1.807) is 11.3 Å². The summed E-state index contributed by atoms with van der Waals surface area (Å²) >= 11 is 7.17. The molecule has 0 atom stereocenters. The van der Waals surface area contributed by atoms with Gasteiger partial charge in [-0.25, -0.2) is 4.79 Å². The summed E-state index contributed by atoms with van der Waals surface area (Å²) in [4.78, 5) is 15.6. The summed E-state index contributed by atoms with van der Waals surface area (Å²) in [5.41, 5.74) is 1.87. The van der Waals surface area contributed by atoms with Gasteiger partial charge >= 0.3 is 5.97 Å². The van der Waals surface area contributed by atoms with Crippen LogP contribution in [0.4, 0.5) is 5.00 Å². The first-order valence-electron chi connectivity index (χ1n) is 7.49. The highest BCUT2D eigenvalue weighted by Crippen LogP contribution is 2.39. The fraction of sp³-hybridized carbons (Fsp3) is 0.600. The van der Waals surface area contributed by atoms with Crippen LogP contribution in [0.25, 0.3) is 0 Å². The minimum absolute atomic E-state index is 0.252. The van der Waals surface area contributed by atoms with E-state index in [0.717, 1.165) is 48.0 Å². The van der Waals surface area contributed by atoms with Crippen molar-refractivity contribution in [3.63, 3.8) is 0 Å². The van der Waals surface area contributed by atoms with Crippen LogP contribution >= 0.6 is 23.6 Å². The van der Waals surface area contributed by atoms with Crippen molar-refractivity contribution in [2.45, 2.75) is 38.5 Å². The zero-order chi connectivity index (χ0) is 14.8. The Hall–Kier alpha value is -1.14. The molecule has 0 saturated carbocycles. The number of aryl methyl sites for hydroxylation is 1. The van der Waals surface area contributed by atoms with Crippen molar-refractivity contribution in [3.05, 3.63) is 16.0 Å². The van der Waals surface area contributed by atoms with Gasteiger partial charge in [0.1, 0.15) is 5.00 Å². The molecule has 1 aromatic rings. The summed E-state index contributed by atoms with van der Waals surface area (Å²) < 4.78 is 4.96. The molecule has 0 bridgehead atoms. The molecule has 1 fully saturated rings. The van der Waals surface area contributed by atoms with Crippen molar-refractivity contribution in [2.24, 2.45) is 0 Å². The number of methoxy groups -OCH3 is 1. The average Bonchev–Trinajstić information content (AvgIpc) is 3.07. The Morgan fingerprint density at radius 3 is 2.71 bits per heavy atom. The van der Waals surface area contributed by atoms with Crippen molar-refractivity contribution in [2.75, 3.05) is 25.5 Å². The molecular weight excluding hydrogens is 304 g/mol. The van der Waals surface area contributed by atoms with Gasteiger partial charge in [-0.2, -0.15) is 0 Å². The van der Waals surface area contributed by atoms with Gasteiger partial charge in [0.05, 0.1) is 12.7 Å². The Kier molecular flexibility index (Phi) is 4.45. The summed E-state index contributed by atoms with van der Waals surface area (Å²) in [6, 6.07) is 0. The summed E-state index contributed by atoms with van der Waals surface area (Å²) in [6.45, 7) is 2.01. The number of anilines is 1. The van der Waals surface area contributed by atoms with E-state index in [-0.39, 0.29) is 5.97 Å². The molecule has 21 heavy (non-hydrogen) atoms. The quantitative estimate of drug-likeness (QED) is 0.668. The molecule has 1 N–H and O–H groups in total. The predicted molar refractivity (Wildman–Crippen MR) is 89.3 cm³/mol. The minimum Gasteiger partial charge on any atom is -0.465 e. The molecule has 0 spiro atoms. The summed E-state index contributed by atoms with van der Waals surface area (Å²) in [5, 5.41) is 4.90. The lowest BCUT2D eigenvalue weighted by Crippen LogP contribution is -2.38. The Balaban J connectivity index is 1.81. The molecule has 3 rings (SSSR count). The maximum Gasteiger partial charge on any atom is 0.341 e. The first-order valence-corrected chi connectivity index (χ1v) is 8.72. The molecular formula is C15H20N2O2S2. The Morgan fingerprint density at radius 2 is 2.00 bits per heavy atom. The van der Waals surface area contributed by atoms with Crippen molar-refractivity contribution in [1.82, 2.24) is 4.90 Å². The highest BCUT2D eigenvalue weighted by atomic mass is 32.1. The topological polar surface area (TPSA) is 41.6 Å². The van der Waals surface area contributed by atoms with Crippen LogP contribution < -0.4 is 5.32 Å². The van der Waals surface area contributed by atoms with Gasteiger partial charge < -0.3 is 15.0 Å². The van der Waals surface area contributed by atoms with Crippen molar-refractivity contribution >= 4 is 39.6 Å². The van der Waals surface area contributed by atoms with Crippen molar-refractivity contribution in [3.8, 4) is 0 Å². The smallest absolute Gasteiger partial charge is 0.341 e. The van der Waals surface area contributed by atoms with Crippen LogP contribution in [0, 0.1) is 0 Å². The van der Waals surface area contributed by atoms with E-state index >= 15 is 0 Å². The molecule has 6 heteroatoms. The van der Waals surface area contributed by atoms with Crippen LogP contribution in [-0.4, -0.2) is 36.2 Å². The molecule has 0 unspecified atom stereocenters. The number of nitrogens with zero attached hydrogens (tertiary/aromatic N) is 1. The lowest BCUT2D eigenvalue weighted by atomic mass is 10.1. The number of ether oxygens (including phenoxy) is 1. The Morgan fingerprint density at radius 1 is 1.24 bits per heavy atom.